The summed E-state index contributed by atoms with van der Waals surface area (Å²) in [4.78, 5) is 0. The number of hydrogen-bond donors (Lipinski definition) is 5. The van der Waals surface area contributed by atoms with Crippen molar-refractivity contribution in [3.05, 3.63) is 89.5 Å². The normalized spacial score (nSPS) is 23.8. The molecule has 0 bridgehead atoms. The SMILES string of the molecule is OCc1ccc(OCc2ccc(OCc3ccc(O[C@@H]4O[C@H](CO)[C@@H](O)[C@H](O)[C@H]4O)cc3)cc2)cc1. The van der Waals surface area contributed by atoms with Crippen LogP contribution < -0.4 is 14.2 Å². The minimum absolute atomic E-state index is 0.00180. The van der Waals surface area contributed by atoms with Crippen molar-refractivity contribution in [3.8, 4) is 17.2 Å². The molecule has 0 aliphatic carbocycles. The molecule has 0 spiro atoms. The van der Waals surface area contributed by atoms with Crippen LogP contribution in [-0.2, 0) is 24.6 Å². The van der Waals surface area contributed by atoms with E-state index in [0.717, 1.165) is 22.4 Å². The molecule has 9 heteroatoms. The average Bonchev–Trinajstić information content (AvgIpc) is 2.92. The molecule has 1 fully saturated rings. The maximum atomic E-state index is 10.1. The number of aliphatic hydroxyl groups is 5. The van der Waals surface area contributed by atoms with Gasteiger partial charge < -0.3 is 44.5 Å². The standard InChI is InChI=1S/C27H30O9/c28-13-17-1-7-20(8-2-17)33-15-18-3-9-21(10-4-18)34-16-19-5-11-22(12-6-19)35-27-26(32)25(31)24(30)23(14-29)36-27/h1-12,23-32H,13-16H2/t23-,24-,25+,26-,27-/m1/s1. The minimum atomic E-state index is -1.50. The van der Waals surface area contributed by atoms with E-state index in [9.17, 15) is 20.4 Å². The Hall–Kier alpha value is -3.18. The quantitative estimate of drug-likeness (QED) is 0.282. The molecule has 3 aromatic carbocycles. The first-order valence-corrected chi connectivity index (χ1v) is 11.6. The molecule has 1 aliphatic heterocycles. The monoisotopic (exact) mass is 498 g/mol. The van der Waals surface area contributed by atoms with E-state index in [4.69, 9.17) is 24.1 Å². The summed E-state index contributed by atoms with van der Waals surface area (Å²) in [6.07, 6.45) is -6.66. The van der Waals surface area contributed by atoms with Gasteiger partial charge in [0.2, 0.25) is 6.29 Å². The van der Waals surface area contributed by atoms with E-state index < -0.39 is 37.3 Å². The summed E-state index contributed by atoms with van der Waals surface area (Å²) in [5.74, 6) is 1.82. The van der Waals surface area contributed by atoms with E-state index in [1.165, 1.54) is 0 Å². The van der Waals surface area contributed by atoms with Crippen LogP contribution in [0.2, 0.25) is 0 Å². The zero-order valence-electron chi connectivity index (χ0n) is 19.5. The fourth-order valence-electron chi connectivity index (χ4n) is 3.67. The Balaban J connectivity index is 1.25. The van der Waals surface area contributed by atoms with Crippen molar-refractivity contribution < 1.29 is 44.5 Å². The molecule has 0 saturated carbocycles. The first-order valence-electron chi connectivity index (χ1n) is 11.6. The molecule has 1 aliphatic rings. The zero-order chi connectivity index (χ0) is 25.5. The summed E-state index contributed by atoms with van der Waals surface area (Å²) >= 11 is 0. The van der Waals surface area contributed by atoms with E-state index in [0.29, 0.717) is 24.7 Å². The number of ether oxygens (including phenoxy) is 4. The molecule has 1 heterocycles. The first kappa shape index (κ1) is 25.9. The highest BCUT2D eigenvalue weighted by molar-refractivity contribution is 5.31. The van der Waals surface area contributed by atoms with Gasteiger partial charge in [0.05, 0.1) is 13.2 Å². The van der Waals surface area contributed by atoms with Gasteiger partial charge in [0.25, 0.3) is 0 Å². The second kappa shape index (κ2) is 12.2. The molecule has 1 saturated heterocycles. The smallest absolute Gasteiger partial charge is 0.229 e. The fraction of sp³-hybridized carbons (Fsp3) is 0.333. The van der Waals surface area contributed by atoms with Gasteiger partial charge in [0, 0.05) is 0 Å². The summed E-state index contributed by atoms with van der Waals surface area (Å²) in [7, 11) is 0. The van der Waals surface area contributed by atoms with Crippen LogP contribution in [0.15, 0.2) is 72.8 Å². The molecule has 0 aromatic heterocycles. The molecule has 0 radical (unpaired) electrons. The summed E-state index contributed by atoms with van der Waals surface area (Å²) in [6.45, 7) is 0.220. The third-order valence-electron chi connectivity index (χ3n) is 5.86. The molecule has 3 aromatic rings. The van der Waals surface area contributed by atoms with Crippen LogP contribution in [0.1, 0.15) is 16.7 Å². The van der Waals surface area contributed by atoms with Gasteiger partial charge in [-0.15, -0.1) is 0 Å². The lowest BCUT2D eigenvalue weighted by molar-refractivity contribution is -0.277. The highest BCUT2D eigenvalue weighted by Gasteiger charge is 2.44. The van der Waals surface area contributed by atoms with E-state index in [2.05, 4.69) is 0 Å². The lowest BCUT2D eigenvalue weighted by Gasteiger charge is -2.39. The zero-order valence-corrected chi connectivity index (χ0v) is 19.5. The second-order valence-electron chi connectivity index (χ2n) is 8.48. The highest BCUT2D eigenvalue weighted by Crippen LogP contribution is 2.25. The Bertz CT molecular complexity index is 1070. The molecule has 5 N–H and O–H groups in total. The Kier molecular flexibility index (Phi) is 8.76. The van der Waals surface area contributed by atoms with Crippen LogP contribution in [-0.4, -0.2) is 62.8 Å². The van der Waals surface area contributed by atoms with Crippen molar-refractivity contribution in [3.63, 3.8) is 0 Å². The predicted molar refractivity (Wildman–Crippen MR) is 128 cm³/mol. The molecule has 5 atom stereocenters. The Morgan fingerprint density at radius 3 is 1.53 bits per heavy atom. The van der Waals surface area contributed by atoms with E-state index in [1.54, 1.807) is 24.3 Å². The molecule has 36 heavy (non-hydrogen) atoms. The highest BCUT2D eigenvalue weighted by atomic mass is 16.7. The molecule has 0 amide bonds. The lowest BCUT2D eigenvalue weighted by atomic mass is 9.99. The Morgan fingerprint density at radius 1 is 0.583 bits per heavy atom. The molecule has 192 valence electrons. The van der Waals surface area contributed by atoms with Crippen LogP contribution >= 0.6 is 0 Å². The Morgan fingerprint density at radius 2 is 1.06 bits per heavy atom. The van der Waals surface area contributed by atoms with E-state index >= 15 is 0 Å². The molecule has 0 unspecified atom stereocenters. The summed E-state index contributed by atoms with van der Waals surface area (Å²) in [5.41, 5.74) is 2.71. The number of aliphatic hydroxyl groups excluding tert-OH is 5. The number of hydrogen-bond acceptors (Lipinski definition) is 9. The first-order chi connectivity index (χ1) is 17.5. The van der Waals surface area contributed by atoms with Gasteiger partial charge in [-0.05, 0) is 53.1 Å². The largest absolute Gasteiger partial charge is 0.489 e. The number of rotatable bonds is 10. The van der Waals surface area contributed by atoms with Gasteiger partial charge in [-0.25, -0.2) is 0 Å². The van der Waals surface area contributed by atoms with Crippen molar-refractivity contribution in [2.75, 3.05) is 6.61 Å². The van der Waals surface area contributed by atoms with Crippen LogP contribution in [0, 0.1) is 0 Å². The van der Waals surface area contributed by atoms with Gasteiger partial charge in [-0.3, -0.25) is 0 Å². The van der Waals surface area contributed by atoms with E-state index in [-0.39, 0.29) is 6.61 Å². The number of benzene rings is 3. The molecule has 9 nitrogen and oxygen atoms in total. The van der Waals surface area contributed by atoms with Crippen molar-refractivity contribution in [1.82, 2.24) is 0 Å². The second-order valence-corrected chi connectivity index (χ2v) is 8.48. The topological polar surface area (TPSA) is 138 Å². The Labute approximate surface area is 208 Å². The van der Waals surface area contributed by atoms with Gasteiger partial charge in [0.15, 0.2) is 0 Å². The van der Waals surface area contributed by atoms with E-state index in [1.807, 2.05) is 48.5 Å². The third-order valence-corrected chi connectivity index (χ3v) is 5.86. The maximum absolute atomic E-state index is 10.1. The fourth-order valence-corrected chi connectivity index (χ4v) is 3.67. The maximum Gasteiger partial charge on any atom is 0.229 e. The summed E-state index contributed by atoms with van der Waals surface area (Å²) in [5, 5.41) is 48.2. The van der Waals surface area contributed by atoms with Crippen molar-refractivity contribution in [1.29, 1.82) is 0 Å². The van der Waals surface area contributed by atoms with Crippen LogP contribution in [0.4, 0.5) is 0 Å². The van der Waals surface area contributed by atoms with Gasteiger partial charge in [-0.1, -0.05) is 36.4 Å². The lowest BCUT2D eigenvalue weighted by Crippen LogP contribution is -2.60. The van der Waals surface area contributed by atoms with Crippen molar-refractivity contribution in [2.24, 2.45) is 0 Å². The van der Waals surface area contributed by atoms with Crippen molar-refractivity contribution in [2.45, 2.75) is 50.5 Å². The van der Waals surface area contributed by atoms with Gasteiger partial charge in [0.1, 0.15) is 54.9 Å². The summed E-state index contributed by atoms with van der Waals surface area (Å²) in [6, 6.07) is 21.8. The minimum Gasteiger partial charge on any atom is -0.489 e. The molecular formula is C27H30O9. The average molecular weight is 499 g/mol. The third kappa shape index (κ3) is 6.52. The van der Waals surface area contributed by atoms with Gasteiger partial charge >= 0.3 is 0 Å². The van der Waals surface area contributed by atoms with Crippen LogP contribution in [0.3, 0.4) is 0 Å². The summed E-state index contributed by atoms with van der Waals surface area (Å²) < 4.78 is 22.6. The van der Waals surface area contributed by atoms with Crippen LogP contribution in [0.5, 0.6) is 17.2 Å². The molecular weight excluding hydrogens is 468 g/mol. The molecule has 4 rings (SSSR count). The van der Waals surface area contributed by atoms with Gasteiger partial charge in [-0.2, -0.15) is 0 Å². The predicted octanol–water partition coefficient (Wildman–Crippen LogP) is 1.52. The van der Waals surface area contributed by atoms with Crippen LogP contribution in [0.25, 0.3) is 0 Å². The van der Waals surface area contributed by atoms with Crippen molar-refractivity contribution >= 4 is 0 Å².